The van der Waals surface area contributed by atoms with E-state index in [2.05, 4.69) is 0 Å². The maximum absolute atomic E-state index is 10.7. The highest BCUT2D eigenvalue weighted by molar-refractivity contribution is 5.88. The molecule has 0 aromatic heterocycles. The van der Waals surface area contributed by atoms with E-state index in [9.17, 15) is 4.79 Å². The normalized spacial score (nSPS) is 10.2. The molecule has 0 spiro atoms. The van der Waals surface area contributed by atoms with Gasteiger partial charge >= 0.3 is 5.97 Å². The van der Waals surface area contributed by atoms with Crippen LogP contribution >= 0.6 is 0 Å². The van der Waals surface area contributed by atoms with Crippen LogP contribution in [0.4, 0.5) is 0 Å². The number of benzene rings is 1. The Morgan fingerprint density at radius 1 is 1.21 bits per heavy atom. The summed E-state index contributed by atoms with van der Waals surface area (Å²) >= 11 is 0. The molecular weight excluding hydrogens is 184 g/mol. The molecule has 14 heavy (non-hydrogen) atoms. The smallest absolute Gasteiger partial charge is 0.335 e. The fourth-order valence-corrected chi connectivity index (χ4v) is 1.29. The van der Waals surface area contributed by atoms with Crippen LogP contribution in [0.2, 0.25) is 0 Å². The summed E-state index contributed by atoms with van der Waals surface area (Å²) in [6.45, 7) is 1.29. The standard InChI is InChI=1S/C10H12O4/c1-6-8(4-11)2-7(10(13)14)3-9(6)5-12/h2-3,11-12H,4-5H2,1H3,(H,13,14). The molecule has 0 unspecified atom stereocenters. The lowest BCUT2D eigenvalue weighted by atomic mass is 9.99. The Hall–Kier alpha value is -1.39. The van der Waals surface area contributed by atoms with E-state index >= 15 is 0 Å². The quantitative estimate of drug-likeness (QED) is 0.664. The van der Waals surface area contributed by atoms with Crippen LogP contribution in [-0.4, -0.2) is 21.3 Å². The summed E-state index contributed by atoms with van der Waals surface area (Å²) in [5.41, 5.74) is 1.90. The van der Waals surface area contributed by atoms with E-state index in [-0.39, 0.29) is 18.8 Å². The first-order chi connectivity index (χ1) is 6.60. The summed E-state index contributed by atoms with van der Waals surface area (Å²) in [4.78, 5) is 10.7. The summed E-state index contributed by atoms with van der Waals surface area (Å²) < 4.78 is 0. The van der Waals surface area contributed by atoms with Gasteiger partial charge in [-0.25, -0.2) is 4.79 Å². The van der Waals surface area contributed by atoms with Crippen LogP contribution in [0.5, 0.6) is 0 Å². The lowest BCUT2D eigenvalue weighted by molar-refractivity contribution is 0.0696. The number of hydrogen-bond donors (Lipinski definition) is 3. The molecule has 0 radical (unpaired) electrons. The largest absolute Gasteiger partial charge is 0.478 e. The molecule has 0 heterocycles. The van der Waals surface area contributed by atoms with E-state index in [1.807, 2.05) is 0 Å². The van der Waals surface area contributed by atoms with E-state index in [1.165, 1.54) is 12.1 Å². The first kappa shape index (κ1) is 10.7. The molecule has 1 rings (SSSR count). The lowest BCUT2D eigenvalue weighted by Gasteiger charge is -2.09. The Kier molecular flexibility index (Phi) is 3.22. The molecular formula is C10H12O4. The highest BCUT2D eigenvalue weighted by Gasteiger charge is 2.10. The fraction of sp³-hybridized carbons (Fsp3) is 0.300. The van der Waals surface area contributed by atoms with Crippen molar-refractivity contribution in [3.8, 4) is 0 Å². The molecule has 3 N–H and O–H groups in total. The van der Waals surface area contributed by atoms with Gasteiger partial charge in [0.25, 0.3) is 0 Å². The van der Waals surface area contributed by atoms with Gasteiger partial charge in [-0.2, -0.15) is 0 Å². The van der Waals surface area contributed by atoms with Crippen LogP contribution in [0.3, 0.4) is 0 Å². The van der Waals surface area contributed by atoms with Crippen molar-refractivity contribution < 1.29 is 20.1 Å². The minimum absolute atomic E-state index is 0.0868. The molecule has 1 aromatic carbocycles. The van der Waals surface area contributed by atoms with Crippen molar-refractivity contribution >= 4 is 5.97 Å². The van der Waals surface area contributed by atoms with Gasteiger partial charge in [0.1, 0.15) is 0 Å². The van der Waals surface area contributed by atoms with Gasteiger partial charge in [-0.15, -0.1) is 0 Å². The van der Waals surface area contributed by atoms with Gasteiger partial charge in [-0.05, 0) is 35.7 Å². The lowest BCUT2D eigenvalue weighted by Crippen LogP contribution is -2.03. The summed E-state index contributed by atoms with van der Waals surface area (Å²) in [5.74, 6) is -1.06. The maximum atomic E-state index is 10.7. The molecule has 76 valence electrons. The fourth-order valence-electron chi connectivity index (χ4n) is 1.29. The van der Waals surface area contributed by atoms with Crippen molar-refractivity contribution in [2.45, 2.75) is 20.1 Å². The van der Waals surface area contributed by atoms with Gasteiger partial charge < -0.3 is 15.3 Å². The topological polar surface area (TPSA) is 77.8 Å². The van der Waals surface area contributed by atoms with Gasteiger partial charge in [0.15, 0.2) is 0 Å². The van der Waals surface area contributed by atoms with Gasteiger partial charge in [0, 0.05) is 0 Å². The monoisotopic (exact) mass is 196 g/mol. The second-order valence-electron chi connectivity index (χ2n) is 3.04. The average Bonchev–Trinajstić information content (AvgIpc) is 2.17. The Labute approximate surface area is 81.4 Å². The van der Waals surface area contributed by atoms with Gasteiger partial charge in [0.05, 0.1) is 18.8 Å². The molecule has 1 aromatic rings. The molecule has 4 nitrogen and oxygen atoms in total. The number of aliphatic hydroxyl groups is 2. The van der Waals surface area contributed by atoms with Crippen LogP contribution in [0.1, 0.15) is 27.0 Å². The zero-order chi connectivity index (χ0) is 10.7. The Balaban J connectivity index is 3.32. The number of carboxylic acid groups (broad SMARTS) is 1. The number of aromatic carboxylic acids is 1. The van der Waals surface area contributed by atoms with Crippen LogP contribution in [0, 0.1) is 6.92 Å². The molecule has 0 aliphatic carbocycles. The molecule has 0 bridgehead atoms. The predicted octanol–water partition coefficient (Wildman–Crippen LogP) is 0.678. The molecule has 0 fully saturated rings. The maximum Gasteiger partial charge on any atom is 0.335 e. The summed E-state index contributed by atoms with van der Waals surface area (Å²) in [7, 11) is 0. The van der Waals surface area contributed by atoms with Gasteiger partial charge in [-0.1, -0.05) is 0 Å². The van der Waals surface area contributed by atoms with E-state index < -0.39 is 5.97 Å². The van der Waals surface area contributed by atoms with E-state index in [4.69, 9.17) is 15.3 Å². The van der Waals surface area contributed by atoms with Crippen molar-refractivity contribution in [3.63, 3.8) is 0 Å². The van der Waals surface area contributed by atoms with Gasteiger partial charge in [0.2, 0.25) is 0 Å². The van der Waals surface area contributed by atoms with Gasteiger partial charge in [-0.3, -0.25) is 0 Å². The summed E-state index contributed by atoms with van der Waals surface area (Å²) in [6.07, 6.45) is 0. The van der Waals surface area contributed by atoms with Crippen molar-refractivity contribution in [2.24, 2.45) is 0 Å². The molecule has 4 heteroatoms. The van der Waals surface area contributed by atoms with Crippen molar-refractivity contribution in [3.05, 3.63) is 34.4 Å². The minimum Gasteiger partial charge on any atom is -0.478 e. The number of carboxylic acids is 1. The third-order valence-electron chi connectivity index (χ3n) is 2.21. The van der Waals surface area contributed by atoms with E-state index in [1.54, 1.807) is 6.92 Å². The highest BCUT2D eigenvalue weighted by Crippen LogP contribution is 2.17. The number of aliphatic hydroxyl groups excluding tert-OH is 2. The number of rotatable bonds is 3. The molecule has 0 aliphatic rings. The van der Waals surface area contributed by atoms with Crippen LogP contribution in [0.15, 0.2) is 12.1 Å². The van der Waals surface area contributed by atoms with Crippen molar-refractivity contribution in [2.75, 3.05) is 0 Å². The van der Waals surface area contributed by atoms with Crippen LogP contribution in [0.25, 0.3) is 0 Å². The highest BCUT2D eigenvalue weighted by atomic mass is 16.4. The van der Waals surface area contributed by atoms with Crippen LogP contribution in [-0.2, 0) is 13.2 Å². The Morgan fingerprint density at radius 3 is 1.93 bits per heavy atom. The second kappa shape index (κ2) is 4.21. The Bertz CT molecular complexity index is 332. The molecule has 0 amide bonds. The van der Waals surface area contributed by atoms with E-state index in [0.717, 1.165) is 5.56 Å². The first-order valence-electron chi connectivity index (χ1n) is 4.17. The minimum atomic E-state index is -1.06. The third kappa shape index (κ3) is 1.92. The van der Waals surface area contributed by atoms with Crippen LogP contribution < -0.4 is 0 Å². The van der Waals surface area contributed by atoms with Crippen molar-refractivity contribution in [1.82, 2.24) is 0 Å². The summed E-state index contributed by atoms with van der Waals surface area (Å²) in [5, 5.41) is 26.7. The first-order valence-corrected chi connectivity index (χ1v) is 4.17. The zero-order valence-corrected chi connectivity index (χ0v) is 7.82. The Morgan fingerprint density at radius 2 is 1.64 bits per heavy atom. The number of carbonyl (C=O) groups is 1. The zero-order valence-electron chi connectivity index (χ0n) is 7.82. The average molecular weight is 196 g/mol. The molecule has 0 saturated heterocycles. The molecule has 0 atom stereocenters. The second-order valence-corrected chi connectivity index (χ2v) is 3.04. The van der Waals surface area contributed by atoms with Crippen molar-refractivity contribution in [1.29, 1.82) is 0 Å². The predicted molar refractivity (Wildman–Crippen MR) is 50.0 cm³/mol. The SMILES string of the molecule is Cc1c(CO)cc(C(=O)O)cc1CO. The molecule has 0 aliphatic heterocycles. The number of hydrogen-bond acceptors (Lipinski definition) is 3. The third-order valence-corrected chi connectivity index (χ3v) is 2.21. The van der Waals surface area contributed by atoms with E-state index in [0.29, 0.717) is 11.1 Å². The molecule has 0 saturated carbocycles. The summed E-state index contributed by atoms with van der Waals surface area (Å²) in [6, 6.07) is 2.83.